The lowest BCUT2D eigenvalue weighted by molar-refractivity contribution is -0.921. The first kappa shape index (κ1) is 17.4. The maximum atomic E-state index is 10.1. The SMILES string of the molecule is CC[N+](CC)(CC)CC.O=C([O-])c1ccc(O)cc1. The molecule has 1 rings (SSSR count). The van der Waals surface area contributed by atoms with Gasteiger partial charge in [-0.05, 0) is 57.5 Å². The van der Waals surface area contributed by atoms with Crippen molar-refractivity contribution in [3.8, 4) is 5.75 Å². The molecule has 0 aromatic heterocycles. The molecule has 0 atom stereocenters. The molecule has 0 bridgehead atoms. The first-order chi connectivity index (χ1) is 8.94. The number of nitrogens with zero attached hydrogens (tertiary/aromatic N) is 1. The summed E-state index contributed by atoms with van der Waals surface area (Å²) in [5.74, 6) is -1.19. The van der Waals surface area contributed by atoms with E-state index in [0.717, 1.165) is 0 Å². The maximum absolute atomic E-state index is 10.1. The molecule has 0 aliphatic heterocycles. The van der Waals surface area contributed by atoms with E-state index in [4.69, 9.17) is 5.11 Å². The molecule has 0 aliphatic rings. The van der Waals surface area contributed by atoms with Crippen LogP contribution >= 0.6 is 0 Å². The second-order valence-electron chi connectivity index (χ2n) is 4.44. The summed E-state index contributed by atoms with van der Waals surface area (Å²) in [4.78, 5) is 10.1. The van der Waals surface area contributed by atoms with Crippen molar-refractivity contribution in [2.24, 2.45) is 0 Å². The number of hydrogen-bond donors (Lipinski definition) is 1. The minimum atomic E-state index is -1.24. The number of phenolic OH excluding ortho intramolecular Hbond substituents is 1. The van der Waals surface area contributed by atoms with Crippen LogP contribution in [0.15, 0.2) is 24.3 Å². The average molecular weight is 267 g/mol. The number of aromatic hydroxyl groups is 1. The molecule has 108 valence electrons. The normalized spacial score (nSPS) is 10.5. The standard InChI is InChI=1S/C8H20N.C7H6O3/c1-5-9(6-2,7-3)8-4;8-6-3-1-5(2-4-6)7(9)10/h5-8H2,1-4H3;1-4,8H,(H,9,10)/q+1;/p-1. The van der Waals surface area contributed by atoms with E-state index in [1.54, 1.807) is 0 Å². The first-order valence-electron chi connectivity index (χ1n) is 6.80. The quantitative estimate of drug-likeness (QED) is 0.825. The van der Waals surface area contributed by atoms with Gasteiger partial charge in [-0.15, -0.1) is 0 Å². The zero-order valence-corrected chi connectivity index (χ0v) is 12.3. The fourth-order valence-electron chi connectivity index (χ4n) is 1.94. The van der Waals surface area contributed by atoms with Gasteiger partial charge in [0.2, 0.25) is 0 Å². The summed E-state index contributed by atoms with van der Waals surface area (Å²) < 4.78 is 1.28. The van der Waals surface area contributed by atoms with Crippen molar-refractivity contribution in [1.29, 1.82) is 0 Å². The Bertz CT molecular complexity index is 352. The molecule has 4 heteroatoms. The van der Waals surface area contributed by atoms with E-state index in [-0.39, 0.29) is 11.3 Å². The van der Waals surface area contributed by atoms with Crippen molar-refractivity contribution < 1.29 is 19.5 Å². The van der Waals surface area contributed by atoms with E-state index >= 15 is 0 Å². The van der Waals surface area contributed by atoms with Crippen molar-refractivity contribution in [3.63, 3.8) is 0 Å². The molecule has 4 nitrogen and oxygen atoms in total. The van der Waals surface area contributed by atoms with Crippen molar-refractivity contribution in [2.75, 3.05) is 26.2 Å². The molecule has 0 spiro atoms. The van der Waals surface area contributed by atoms with Crippen LogP contribution in [-0.4, -0.2) is 41.7 Å². The molecule has 1 aromatic rings. The number of carboxylic acids is 1. The van der Waals surface area contributed by atoms with Crippen molar-refractivity contribution in [2.45, 2.75) is 27.7 Å². The highest BCUT2D eigenvalue weighted by Gasteiger charge is 2.16. The fraction of sp³-hybridized carbons (Fsp3) is 0.533. The molecule has 0 aliphatic carbocycles. The number of phenols is 1. The van der Waals surface area contributed by atoms with Crippen molar-refractivity contribution in [1.82, 2.24) is 0 Å². The molecule has 0 saturated carbocycles. The van der Waals surface area contributed by atoms with Crippen LogP contribution < -0.4 is 5.11 Å². The van der Waals surface area contributed by atoms with Gasteiger partial charge < -0.3 is 19.5 Å². The minimum Gasteiger partial charge on any atom is -0.545 e. The zero-order valence-electron chi connectivity index (χ0n) is 12.3. The third-order valence-electron chi connectivity index (χ3n) is 3.79. The van der Waals surface area contributed by atoms with Crippen molar-refractivity contribution >= 4 is 5.97 Å². The van der Waals surface area contributed by atoms with Crippen LogP contribution in [-0.2, 0) is 0 Å². The number of hydrogen-bond acceptors (Lipinski definition) is 3. The van der Waals surface area contributed by atoms with E-state index < -0.39 is 5.97 Å². The second-order valence-corrected chi connectivity index (χ2v) is 4.44. The lowest BCUT2D eigenvalue weighted by atomic mass is 10.2. The Labute approximate surface area is 115 Å². The van der Waals surface area contributed by atoms with E-state index in [0.29, 0.717) is 0 Å². The largest absolute Gasteiger partial charge is 0.545 e. The molecular formula is C15H25NO3. The van der Waals surface area contributed by atoms with Gasteiger partial charge in [-0.1, -0.05) is 0 Å². The van der Waals surface area contributed by atoms with Crippen LogP contribution in [0.25, 0.3) is 0 Å². The minimum absolute atomic E-state index is 0.0463. The molecule has 1 aromatic carbocycles. The summed E-state index contributed by atoms with van der Waals surface area (Å²) in [6, 6.07) is 5.16. The summed E-state index contributed by atoms with van der Waals surface area (Å²) in [6.07, 6.45) is 0. The van der Waals surface area contributed by atoms with Gasteiger partial charge in [0.1, 0.15) is 5.75 Å². The van der Waals surface area contributed by atoms with Crippen LogP contribution in [0, 0.1) is 0 Å². The summed E-state index contributed by atoms with van der Waals surface area (Å²) in [5.41, 5.74) is 0.0674. The summed E-state index contributed by atoms with van der Waals surface area (Å²) in [6.45, 7) is 14.2. The Morgan fingerprint density at radius 1 is 1.00 bits per heavy atom. The van der Waals surface area contributed by atoms with Crippen LogP contribution in [0.4, 0.5) is 0 Å². The Kier molecular flexibility index (Phi) is 7.84. The van der Waals surface area contributed by atoms with Crippen LogP contribution in [0.2, 0.25) is 0 Å². The lowest BCUT2D eigenvalue weighted by Crippen LogP contribution is -2.47. The zero-order chi connectivity index (χ0) is 14.9. The molecule has 0 heterocycles. The molecule has 0 amide bonds. The highest BCUT2D eigenvalue weighted by atomic mass is 16.4. The molecule has 0 saturated heterocycles. The van der Waals surface area contributed by atoms with Gasteiger partial charge in [0, 0.05) is 0 Å². The van der Waals surface area contributed by atoms with E-state index in [2.05, 4.69) is 27.7 Å². The highest BCUT2D eigenvalue weighted by molar-refractivity contribution is 5.85. The summed E-state index contributed by atoms with van der Waals surface area (Å²) in [7, 11) is 0. The monoisotopic (exact) mass is 267 g/mol. The molecular weight excluding hydrogens is 242 g/mol. The van der Waals surface area contributed by atoms with Gasteiger partial charge in [0.15, 0.2) is 0 Å². The fourth-order valence-corrected chi connectivity index (χ4v) is 1.94. The maximum Gasteiger partial charge on any atom is 0.115 e. The van der Waals surface area contributed by atoms with Crippen LogP contribution in [0.3, 0.4) is 0 Å². The number of benzene rings is 1. The Hall–Kier alpha value is -1.55. The second kappa shape index (κ2) is 8.53. The highest BCUT2D eigenvalue weighted by Crippen LogP contribution is 2.08. The number of aromatic carboxylic acids is 1. The number of carbonyl (C=O) groups is 1. The summed E-state index contributed by atoms with van der Waals surface area (Å²) >= 11 is 0. The van der Waals surface area contributed by atoms with E-state index in [9.17, 15) is 9.90 Å². The number of quaternary nitrogens is 1. The van der Waals surface area contributed by atoms with Gasteiger partial charge >= 0.3 is 0 Å². The number of carbonyl (C=O) groups excluding carboxylic acids is 1. The summed E-state index contributed by atoms with van der Waals surface area (Å²) in [5, 5.41) is 18.8. The predicted octanol–water partition coefficient (Wildman–Crippen LogP) is 1.64. The average Bonchev–Trinajstić information content (AvgIpc) is 2.43. The lowest BCUT2D eigenvalue weighted by Gasteiger charge is -2.34. The smallest absolute Gasteiger partial charge is 0.115 e. The van der Waals surface area contributed by atoms with E-state index in [1.165, 1.54) is 54.9 Å². The first-order valence-corrected chi connectivity index (χ1v) is 6.80. The number of rotatable bonds is 5. The van der Waals surface area contributed by atoms with Gasteiger partial charge in [0.25, 0.3) is 0 Å². The third-order valence-corrected chi connectivity index (χ3v) is 3.79. The van der Waals surface area contributed by atoms with Gasteiger partial charge in [-0.25, -0.2) is 0 Å². The Morgan fingerprint density at radius 2 is 1.37 bits per heavy atom. The molecule has 19 heavy (non-hydrogen) atoms. The van der Waals surface area contributed by atoms with E-state index in [1.807, 2.05) is 0 Å². The van der Waals surface area contributed by atoms with Gasteiger partial charge in [-0.2, -0.15) is 0 Å². The molecule has 0 fully saturated rings. The Balaban J connectivity index is 0.000000344. The predicted molar refractivity (Wildman–Crippen MR) is 74.9 cm³/mol. The van der Waals surface area contributed by atoms with Gasteiger partial charge in [-0.3, -0.25) is 0 Å². The topological polar surface area (TPSA) is 60.4 Å². The van der Waals surface area contributed by atoms with Crippen molar-refractivity contribution in [3.05, 3.63) is 29.8 Å². The van der Waals surface area contributed by atoms with Crippen LogP contribution in [0.1, 0.15) is 38.1 Å². The van der Waals surface area contributed by atoms with Crippen LogP contribution in [0.5, 0.6) is 5.75 Å². The molecule has 0 radical (unpaired) electrons. The molecule has 1 N–H and O–H groups in total. The molecule has 0 unspecified atom stereocenters. The number of carboxylic acid groups (broad SMARTS) is 1. The third kappa shape index (κ3) is 5.75. The van der Waals surface area contributed by atoms with Gasteiger partial charge in [0.05, 0.1) is 32.1 Å². The Morgan fingerprint density at radius 3 is 1.58 bits per heavy atom.